The Morgan fingerprint density at radius 1 is 1.00 bits per heavy atom. The van der Waals surface area contributed by atoms with Crippen molar-refractivity contribution < 1.29 is 23.0 Å². The number of rotatable bonds is 8. The monoisotopic (exact) mass is 439 g/mol. The lowest BCUT2D eigenvalue weighted by Gasteiger charge is -2.34. The second kappa shape index (κ2) is 12.0. The number of esters is 1. The third-order valence-electron chi connectivity index (χ3n) is 5.15. The van der Waals surface area contributed by atoms with Crippen LogP contribution in [0.3, 0.4) is 0 Å². The van der Waals surface area contributed by atoms with Crippen LogP contribution in [0.25, 0.3) is 0 Å². The molecule has 1 aliphatic heterocycles. The Morgan fingerprint density at radius 2 is 1.50 bits per heavy atom. The summed E-state index contributed by atoms with van der Waals surface area (Å²) in [6, 6.07) is 12.5. The van der Waals surface area contributed by atoms with Crippen molar-refractivity contribution in [1.82, 2.24) is 4.90 Å². The zero-order valence-electron chi connectivity index (χ0n) is 17.1. The molecule has 0 aromatic heterocycles. The average Bonchev–Trinajstić information content (AvgIpc) is 2.73. The normalized spacial score (nSPS) is 15.1. The van der Waals surface area contributed by atoms with E-state index in [2.05, 4.69) is 4.90 Å². The molecule has 2 aromatic rings. The van der Waals surface area contributed by atoms with Crippen molar-refractivity contribution >= 4 is 18.4 Å². The highest BCUT2D eigenvalue weighted by Crippen LogP contribution is 2.30. The smallest absolute Gasteiger partial charge is 0.307 e. The van der Waals surface area contributed by atoms with Gasteiger partial charge in [-0.1, -0.05) is 24.3 Å². The molecule has 0 amide bonds. The Bertz CT molecular complexity index is 733. The summed E-state index contributed by atoms with van der Waals surface area (Å²) in [5, 5.41) is 0. The molecule has 3 rings (SSSR count). The van der Waals surface area contributed by atoms with Crippen LogP contribution in [0, 0.1) is 11.6 Å². The highest BCUT2D eigenvalue weighted by atomic mass is 35.5. The molecule has 0 atom stereocenters. The summed E-state index contributed by atoms with van der Waals surface area (Å²) in [6.45, 7) is 4.57. The first-order valence-electron chi connectivity index (χ1n) is 10.1. The van der Waals surface area contributed by atoms with Gasteiger partial charge >= 0.3 is 5.97 Å². The number of carbonyl (C=O) groups is 1. The molecule has 0 bridgehead atoms. The summed E-state index contributed by atoms with van der Waals surface area (Å²) in [6.07, 6.45) is 1.72. The zero-order valence-corrected chi connectivity index (χ0v) is 17.9. The van der Waals surface area contributed by atoms with E-state index >= 15 is 0 Å². The maximum Gasteiger partial charge on any atom is 0.307 e. The molecule has 4 nitrogen and oxygen atoms in total. The first kappa shape index (κ1) is 24.3. The fourth-order valence-corrected chi connectivity index (χ4v) is 3.57. The molecule has 1 aliphatic rings. The molecule has 1 fully saturated rings. The van der Waals surface area contributed by atoms with Gasteiger partial charge in [0.1, 0.15) is 17.7 Å². The number of benzene rings is 2. The topological polar surface area (TPSA) is 38.8 Å². The molecule has 0 radical (unpaired) electrons. The summed E-state index contributed by atoms with van der Waals surface area (Å²) >= 11 is 0. The number of piperidine rings is 1. The predicted molar refractivity (Wildman–Crippen MR) is 114 cm³/mol. The van der Waals surface area contributed by atoms with Gasteiger partial charge in [-0.3, -0.25) is 4.79 Å². The largest absolute Gasteiger partial charge is 0.466 e. The van der Waals surface area contributed by atoms with Crippen LogP contribution < -0.4 is 0 Å². The van der Waals surface area contributed by atoms with Crippen molar-refractivity contribution in [3.63, 3.8) is 0 Å². The SMILES string of the molecule is CCOC(=O)CCN1CCC(OC(c2ccc(F)cc2)c2ccc(F)cc2)CC1.Cl. The summed E-state index contributed by atoms with van der Waals surface area (Å²) in [5.41, 5.74) is 1.67. The van der Waals surface area contributed by atoms with Gasteiger partial charge in [0.2, 0.25) is 0 Å². The Morgan fingerprint density at radius 3 is 1.97 bits per heavy atom. The highest BCUT2D eigenvalue weighted by molar-refractivity contribution is 5.85. The number of hydrogen-bond acceptors (Lipinski definition) is 4. The lowest BCUT2D eigenvalue weighted by atomic mass is 10.00. The third kappa shape index (κ3) is 7.04. The van der Waals surface area contributed by atoms with Gasteiger partial charge in [0.05, 0.1) is 19.1 Å². The van der Waals surface area contributed by atoms with Crippen LogP contribution in [-0.4, -0.2) is 43.2 Å². The van der Waals surface area contributed by atoms with E-state index in [1.807, 2.05) is 0 Å². The van der Waals surface area contributed by atoms with Crippen molar-refractivity contribution in [2.24, 2.45) is 0 Å². The molecule has 30 heavy (non-hydrogen) atoms. The summed E-state index contributed by atoms with van der Waals surface area (Å²) < 4.78 is 38.1. The molecule has 0 aliphatic carbocycles. The van der Waals surface area contributed by atoms with Gasteiger partial charge in [0.15, 0.2) is 0 Å². The maximum absolute atomic E-state index is 13.4. The van der Waals surface area contributed by atoms with Crippen LogP contribution in [0.5, 0.6) is 0 Å². The number of halogens is 3. The van der Waals surface area contributed by atoms with E-state index in [4.69, 9.17) is 9.47 Å². The van der Waals surface area contributed by atoms with E-state index in [-0.39, 0.29) is 42.2 Å². The molecular formula is C23H28ClF2NO3. The van der Waals surface area contributed by atoms with E-state index in [0.717, 1.165) is 37.1 Å². The Balaban J connectivity index is 0.00000320. The molecule has 7 heteroatoms. The maximum atomic E-state index is 13.4. The Kier molecular flexibility index (Phi) is 9.69. The van der Waals surface area contributed by atoms with Crippen LogP contribution in [0.15, 0.2) is 48.5 Å². The molecule has 0 N–H and O–H groups in total. The minimum Gasteiger partial charge on any atom is -0.466 e. The number of likely N-dealkylation sites (tertiary alicyclic amines) is 1. The molecule has 2 aromatic carbocycles. The van der Waals surface area contributed by atoms with Crippen LogP contribution in [0.4, 0.5) is 8.78 Å². The minimum atomic E-state index is -0.382. The average molecular weight is 440 g/mol. The highest BCUT2D eigenvalue weighted by Gasteiger charge is 2.25. The van der Waals surface area contributed by atoms with Crippen molar-refractivity contribution in [1.29, 1.82) is 0 Å². The second-order valence-corrected chi connectivity index (χ2v) is 7.22. The van der Waals surface area contributed by atoms with Gasteiger partial charge in [-0.05, 0) is 55.2 Å². The molecule has 164 valence electrons. The van der Waals surface area contributed by atoms with E-state index in [0.29, 0.717) is 19.6 Å². The molecule has 1 heterocycles. The van der Waals surface area contributed by atoms with Gasteiger partial charge in [-0.2, -0.15) is 0 Å². The number of hydrogen-bond donors (Lipinski definition) is 0. The number of carbonyl (C=O) groups excluding carboxylic acids is 1. The fraction of sp³-hybridized carbons (Fsp3) is 0.435. The molecular weight excluding hydrogens is 412 g/mol. The summed E-state index contributed by atoms with van der Waals surface area (Å²) in [7, 11) is 0. The lowest BCUT2D eigenvalue weighted by molar-refractivity contribution is -0.143. The fourth-order valence-electron chi connectivity index (χ4n) is 3.57. The van der Waals surface area contributed by atoms with Crippen molar-refractivity contribution in [3.05, 3.63) is 71.3 Å². The van der Waals surface area contributed by atoms with Crippen molar-refractivity contribution in [2.45, 2.75) is 38.4 Å². The van der Waals surface area contributed by atoms with Crippen LogP contribution in [-0.2, 0) is 14.3 Å². The van der Waals surface area contributed by atoms with Crippen molar-refractivity contribution in [2.75, 3.05) is 26.2 Å². The van der Waals surface area contributed by atoms with E-state index in [1.54, 1.807) is 31.2 Å². The summed E-state index contributed by atoms with van der Waals surface area (Å²) in [5.74, 6) is -0.776. The van der Waals surface area contributed by atoms with E-state index in [9.17, 15) is 13.6 Å². The first-order chi connectivity index (χ1) is 14.0. The predicted octanol–water partition coefficient (Wildman–Crippen LogP) is 4.91. The van der Waals surface area contributed by atoms with Crippen LogP contribution in [0.2, 0.25) is 0 Å². The zero-order chi connectivity index (χ0) is 20.6. The minimum absolute atomic E-state index is 0. The quantitative estimate of drug-likeness (QED) is 0.548. The first-order valence-corrected chi connectivity index (χ1v) is 10.1. The number of ether oxygens (including phenoxy) is 2. The molecule has 1 saturated heterocycles. The van der Waals surface area contributed by atoms with Gasteiger partial charge in [-0.25, -0.2) is 8.78 Å². The van der Waals surface area contributed by atoms with Crippen LogP contribution >= 0.6 is 12.4 Å². The molecule has 0 spiro atoms. The Hall–Kier alpha value is -2.02. The summed E-state index contributed by atoms with van der Waals surface area (Å²) in [4.78, 5) is 13.8. The van der Waals surface area contributed by atoms with Gasteiger partial charge in [0, 0.05) is 19.6 Å². The standard InChI is InChI=1S/C23H27F2NO3.ClH/c1-2-28-22(27)13-16-26-14-11-21(12-15-26)29-23(17-3-7-19(24)8-4-17)18-5-9-20(25)10-6-18;/h3-10,21,23H,2,11-16H2,1H3;1H. The Labute approximate surface area is 182 Å². The number of nitrogens with zero attached hydrogens (tertiary/aromatic N) is 1. The van der Waals surface area contributed by atoms with Gasteiger partial charge in [-0.15, -0.1) is 12.4 Å². The van der Waals surface area contributed by atoms with E-state index in [1.165, 1.54) is 24.3 Å². The van der Waals surface area contributed by atoms with E-state index < -0.39 is 0 Å². The van der Waals surface area contributed by atoms with Gasteiger partial charge in [0.25, 0.3) is 0 Å². The van der Waals surface area contributed by atoms with Crippen LogP contribution in [0.1, 0.15) is 43.4 Å². The molecule has 0 saturated carbocycles. The lowest BCUT2D eigenvalue weighted by Crippen LogP contribution is -2.38. The second-order valence-electron chi connectivity index (χ2n) is 7.22. The van der Waals surface area contributed by atoms with Gasteiger partial charge < -0.3 is 14.4 Å². The third-order valence-corrected chi connectivity index (χ3v) is 5.15. The molecule has 0 unspecified atom stereocenters. The van der Waals surface area contributed by atoms with Crippen molar-refractivity contribution in [3.8, 4) is 0 Å².